The van der Waals surface area contributed by atoms with Gasteiger partial charge < -0.3 is 5.73 Å². The van der Waals surface area contributed by atoms with Crippen LogP contribution < -0.4 is 5.73 Å². The van der Waals surface area contributed by atoms with E-state index in [1.165, 1.54) is 4.88 Å². The van der Waals surface area contributed by atoms with Gasteiger partial charge >= 0.3 is 0 Å². The molecule has 0 fully saturated rings. The normalized spacial score (nSPS) is 11.1. The summed E-state index contributed by atoms with van der Waals surface area (Å²) in [7, 11) is 0. The molecule has 2 rings (SSSR count). The molecule has 0 aliphatic rings. The second-order valence-electron chi connectivity index (χ2n) is 3.46. The zero-order chi connectivity index (χ0) is 11.4. The number of rotatable bonds is 3. The first-order valence-corrected chi connectivity index (χ1v) is 6.10. The summed E-state index contributed by atoms with van der Waals surface area (Å²) in [4.78, 5) is 6.71. The molecule has 0 bridgehead atoms. The third kappa shape index (κ3) is 2.49. The molecule has 0 amide bonds. The molecular formula is C13H14N2S. The summed E-state index contributed by atoms with van der Waals surface area (Å²) in [5.74, 6) is 0.566. The molecule has 2 N–H and O–H groups in total. The summed E-state index contributed by atoms with van der Waals surface area (Å²) in [5, 5.41) is 0. The quantitative estimate of drug-likeness (QED) is 0.870. The van der Waals surface area contributed by atoms with Crippen LogP contribution in [-0.4, -0.2) is 4.98 Å². The van der Waals surface area contributed by atoms with Crippen LogP contribution in [0.3, 0.4) is 0 Å². The van der Waals surface area contributed by atoms with Gasteiger partial charge in [-0.3, -0.25) is 0 Å². The van der Waals surface area contributed by atoms with Crippen LogP contribution in [0.15, 0.2) is 36.4 Å². The molecule has 2 nitrogen and oxygen atoms in total. The number of aromatic nitrogens is 1. The predicted octanol–water partition coefficient (Wildman–Crippen LogP) is 3.82. The van der Waals surface area contributed by atoms with Gasteiger partial charge in [0.25, 0.3) is 0 Å². The maximum absolute atomic E-state index is 5.66. The van der Waals surface area contributed by atoms with E-state index in [1.807, 2.05) is 12.1 Å². The van der Waals surface area contributed by atoms with Crippen molar-refractivity contribution in [1.82, 2.24) is 4.98 Å². The van der Waals surface area contributed by atoms with Gasteiger partial charge in [-0.1, -0.05) is 19.1 Å². The Labute approximate surface area is 99.5 Å². The number of allylic oxidation sites excluding steroid dienone is 1. The van der Waals surface area contributed by atoms with E-state index in [0.717, 1.165) is 17.0 Å². The Kier molecular flexibility index (Phi) is 3.37. The van der Waals surface area contributed by atoms with Crippen molar-refractivity contribution < 1.29 is 0 Å². The van der Waals surface area contributed by atoms with Gasteiger partial charge in [-0.15, -0.1) is 11.3 Å². The van der Waals surface area contributed by atoms with E-state index >= 15 is 0 Å². The van der Waals surface area contributed by atoms with Crippen molar-refractivity contribution in [3.05, 3.63) is 41.3 Å². The Morgan fingerprint density at radius 3 is 2.94 bits per heavy atom. The average molecular weight is 230 g/mol. The summed E-state index contributed by atoms with van der Waals surface area (Å²) in [6.45, 7) is 2.13. The third-order valence-corrected chi connectivity index (χ3v) is 3.24. The molecule has 82 valence electrons. The maximum Gasteiger partial charge on any atom is 0.124 e. The predicted molar refractivity (Wildman–Crippen MR) is 71.3 cm³/mol. The number of anilines is 1. The minimum atomic E-state index is 0.566. The molecule has 0 spiro atoms. The zero-order valence-electron chi connectivity index (χ0n) is 9.18. The minimum Gasteiger partial charge on any atom is -0.384 e. The summed E-state index contributed by atoms with van der Waals surface area (Å²) >= 11 is 1.73. The summed E-state index contributed by atoms with van der Waals surface area (Å²) < 4.78 is 0. The highest BCUT2D eigenvalue weighted by molar-refractivity contribution is 7.16. The molecule has 0 aliphatic heterocycles. The fourth-order valence-corrected chi connectivity index (χ4v) is 2.31. The van der Waals surface area contributed by atoms with Crippen molar-refractivity contribution in [2.24, 2.45) is 0 Å². The third-order valence-electron chi connectivity index (χ3n) is 2.17. The van der Waals surface area contributed by atoms with Crippen LogP contribution in [0, 0.1) is 0 Å². The van der Waals surface area contributed by atoms with Crippen LogP contribution in [0.5, 0.6) is 0 Å². The lowest BCUT2D eigenvalue weighted by atomic mass is 10.3. The van der Waals surface area contributed by atoms with Crippen molar-refractivity contribution in [3.63, 3.8) is 0 Å². The van der Waals surface area contributed by atoms with Gasteiger partial charge in [0.2, 0.25) is 0 Å². The second kappa shape index (κ2) is 4.94. The topological polar surface area (TPSA) is 38.9 Å². The Bertz CT molecular complexity index is 500. The maximum atomic E-state index is 5.66. The standard InChI is InChI=1S/C13H14N2S/c1-2-3-5-10-8-9-12(16-10)11-6-4-7-13(14)15-11/h3-9H,2H2,1H3,(H2,14,15)/b5-3+. The van der Waals surface area contributed by atoms with Crippen molar-refractivity contribution in [2.45, 2.75) is 13.3 Å². The van der Waals surface area contributed by atoms with E-state index in [2.05, 4.69) is 36.2 Å². The van der Waals surface area contributed by atoms with Gasteiger partial charge in [0.15, 0.2) is 0 Å². The van der Waals surface area contributed by atoms with Crippen molar-refractivity contribution >= 4 is 23.2 Å². The lowest BCUT2D eigenvalue weighted by molar-refractivity contribution is 1.23. The first kappa shape index (κ1) is 10.9. The van der Waals surface area contributed by atoms with Crippen LogP contribution in [0.25, 0.3) is 16.6 Å². The molecule has 0 unspecified atom stereocenters. The molecule has 0 atom stereocenters. The average Bonchev–Trinajstić information content (AvgIpc) is 2.75. The lowest BCUT2D eigenvalue weighted by Gasteiger charge is -1.96. The minimum absolute atomic E-state index is 0.566. The van der Waals surface area contributed by atoms with Crippen molar-refractivity contribution in [1.29, 1.82) is 0 Å². The van der Waals surface area contributed by atoms with Gasteiger partial charge in [-0.25, -0.2) is 4.98 Å². The molecule has 0 aliphatic carbocycles. The van der Waals surface area contributed by atoms with E-state index in [4.69, 9.17) is 5.73 Å². The van der Waals surface area contributed by atoms with Crippen LogP contribution in [0.4, 0.5) is 5.82 Å². The van der Waals surface area contributed by atoms with Gasteiger partial charge in [-0.05, 0) is 36.8 Å². The molecule has 2 heterocycles. The Balaban J connectivity index is 2.28. The highest BCUT2D eigenvalue weighted by Crippen LogP contribution is 2.27. The lowest BCUT2D eigenvalue weighted by Crippen LogP contribution is -1.89. The number of nitrogens with two attached hydrogens (primary N) is 1. The molecule has 0 radical (unpaired) electrons. The molecular weight excluding hydrogens is 216 g/mol. The van der Waals surface area contributed by atoms with Gasteiger partial charge in [0.1, 0.15) is 5.82 Å². The SMILES string of the molecule is CC/C=C/c1ccc(-c2cccc(N)n2)s1. The molecule has 16 heavy (non-hydrogen) atoms. The van der Waals surface area contributed by atoms with E-state index < -0.39 is 0 Å². The molecule has 2 aromatic rings. The van der Waals surface area contributed by atoms with Gasteiger partial charge in [-0.2, -0.15) is 0 Å². The summed E-state index contributed by atoms with van der Waals surface area (Å²) in [6, 6.07) is 9.91. The van der Waals surface area contributed by atoms with Crippen LogP contribution in [0.2, 0.25) is 0 Å². The first-order chi connectivity index (χ1) is 7.79. The number of nitrogen functional groups attached to an aromatic ring is 1. The number of hydrogen-bond donors (Lipinski definition) is 1. The van der Waals surface area contributed by atoms with Gasteiger partial charge in [0.05, 0.1) is 10.6 Å². The van der Waals surface area contributed by atoms with E-state index in [9.17, 15) is 0 Å². The van der Waals surface area contributed by atoms with Crippen LogP contribution >= 0.6 is 11.3 Å². The molecule has 2 aromatic heterocycles. The van der Waals surface area contributed by atoms with Crippen molar-refractivity contribution in [3.8, 4) is 10.6 Å². The fraction of sp³-hybridized carbons (Fsp3) is 0.154. The van der Waals surface area contributed by atoms with Crippen LogP contribution in [0.1, 0.15) is 18.2 Å². The van der Waals surface area contributed by atoms with Gasteiger partial charge in [0, 0.05) is 4.88 Å². The van der Waals surface area contributed by atoms with Crippen molar-refractivity contribution in [2.75, 3.05) is 5.73 Å². The molecule has 0 saturated carbocycles. The highest BCUT2D eigenvalue weighted by Gasteiger charge is 2.02. The molecule has 0 aromatic carbocycles. The van der Waals surface area contributed by atoms with E-state index in [0.29, 0.717) is 5.82 Å². The zero-order valence-corrected chi connectivity index (χ0v) is 10.00. The second-order valence-corrected chi connectivity index (χ2v) is 4.58. The number of pyridine rings is 1. The number of thiophene rings is 1. The van der Waals surface area contributed by atoms with Crippen LogP contribution in [-0.2, 0) is 0 Å². The Morgan fingerprint density at radius 1 is 1.31 bits per heavy atom. The first-order valence-electron chi connectivity index (χ1n) is 5.29. The summed E-state index contributed by atoms with van der Waals surface area (Å²) in [6.07, 6.45) is 5.35. The number of nitrogens with zero attached hydrogens (tertiary/aromatic N) is 1. The van der Waals surface area contributed by atoms with E-state index in [-0.39, 0.29) is 0 Å². The fourth-order valence-electron chi connectivity index (χ4n) is 1.40. The Morgan fingerprint density at radius 2 is 2.19 bits per heavy atom. The smallest absolute Gasteiger partial charge is 0.124 e. The highest BCUT2D eigenvalue weighted by atomic mass is 32.1. The Hall–Kier alpha value is -1.61. The molecule has 3 heteroatoms. The van der Waals surface area contributed by atoms with E-state index in [1.54, 1.807) is 17.4 Å². The summed E-state index contributed by atoms with van der Waals surface area (Å²) in [5.41, 5.74) is 6.61. The largest absolute Gasteiger partial charge is 0.384 e. The molecule has 0 saturated heterocycles. The number of hydrogen-bond acceptors (Lipinski definition) is 3. The monoisotopic (exact) mass is 230 g/mol.